The normalized spacial score (nSPS) is 16.9. The molecule has 0 atom stereocenters. The Labute approximate surface area is 112 Å². The van der Waals surface area contributed by atoms with Crippen molar-refractivity contribution in [3.05, 3.63) is 34.3 Å². The molecule has 4 heteroatoms. The molecule has 3 nitrogen and oxygen atoms in total. The average molecular weight is 268 g/mol. The minimum Gasteiger partial charge on any atom is -0.396 e. The summed E-state index contributed by atoms with van der Waals surface area (Å²) >= 11 is 5.96. The Kier molecular flexibility index (Phi) is 4.25. The van der Waals surface area contributed by atoms with E-state index in [2.05, 4.69) is 0 Å². The van der Waals surface area contributed by atoms with Gasteiger partial charge in [-0.1, -0.05) is 11.6 Å². The molecule has 2 rings (SSSR count). The molecule has 98 valence electrons. The maximum absolute atomic E-state index is 12.3. The van der Waals surface area contributed by atoms with Crippen LogP contribution < -0.4 is 0 Å². The predicted octanol–water partition coefficient (Wildman–Crippen LogP) is 2.49. The highest BCUT2D eigenvalue weighted by Gasteiger charge is 2.23. The van der Waals surface area contributed by atoms with Gasteiger partial charge in [-0.05, 0) is 49.4 Å². The van der Waals surface area contributed by atoms with Gasteiger partial charge >= 0.3 is 0 Å². The molecule has 0 aliphatic carbocycles. The van der Waals surface area contributed by atoms with E-state index in [0.29, 0.717) is 16.5 Å². The largest absolute Gasteiger partial charge is 0.396 e. The summed E-state index contributed by atoms with van der Waals surface area (Å²) in [5.74, 6) is 0.409. The summed E-state index contributed by atoms with van der Waals surface area (Å²) < 4.78 is 0. The lowest BCUT2D eigenvalue weighted by Crippen LogP contribution is -2.39. The van der Waals surface area contributed by atoms with Crippen molar-refractivity contribution in [2.45, 2.75) is 19.8 Å². The molecule has 1 fully saturated rings. The maximum Gasteiger partial charge on any atom is 0.253 e. The molecular weight excluding hydrogens is 250 g/mol. The van der Waals surface area contributed by atoms with Crippen LogP contribution >= 0.6 is 11.6 Å². The number of benzene rings is 1. The highest BCUT2D eigenvalue weighted by molar-refractivity contribution is 6.31. The Morgan fingerprint density at radius 2 is 2.11 bits per heavy atom. The van der Waals surface area contributed by atoms with E-state index in [1.54, 1.807) is 12.1 Å². The first-order valence-corrected chi connectivity index (χ1v) is 6.66. The molecular formula is C14H18ClNO2. The molecule has 1 aliphatic rings. The number of hydrogen-bond acceptors (Lipinski definition) is 2. The number of halogens is 1. The summed E-state index contributed by atoms with van der Waals surface area (Å²) in [7, 11) is 0. The van der Waals surface area contributed by atoms with E-state index in [1.807, 2.05) is 17.9 Å². The molecule has 1 aliphatic heterocycles. The number of aryl methyl sites for hydroxylation is 1. The van der Waals surface area contributed by atoms with Crippen molar-refractivity contribution in [2.24, 2.45) is 5.92 Å². The Morgan fingerprint density at radius 1 is 1.44 bits per heavy atom. The SMILES string of the molecule is Cc1cc(C(=O)N2CCC(CO)CC2)ccc1Cl. The zero-order valence-corrected chi connectivity index (χ0v) is 11.3. The van der Waals surface area contributed by atoms with Gasteiger partial charge in [-0.2, -0.15) is 0 Å². The van der Waals surface area contributed by atoms with E-state index in [0.717, 1.165) is 31.5 Å². The molecule has 0 aromatic heterocycles. The van der Waals surface area contributed by atoms with Crippen LogP contribution in [-0.2, 0) is 0 Å². The van der Waals surface area contributed by atoms with Gasteiger partial charge < -0.3 is 10.0 Å². The van der Waals surface area contributed by atoms with Gasteiger partial charge in [0.05, 0.1) is 0 Å². The van der Waals surface area contributed by atoms with E-state index in [9.17, 15) is 4.79 Å². The third-order valence-corrected chi connectivity index (χ3v) is 3.99. The van der Waals surface area contributed by atoms with Crippen molar-refractivity contribution in [1.29, 1.82) is 0 Å². The molecule has 1 aromatic carbocycles. The Balaban J connectivity index is 2.05. The molecule has 0 saturated carbocycles. The van der Waals surface area contributed by atoms with Crippen molar-refractivity contribution < 1.29 is 9.90 Å². The summed E-state index contributed by atoms with van der Waals surface area (Å²) in [5.41, 5.74) is 1.62. The number of carbonyl (C=O) groups is 1. The number of piperidine rings is 1. The number of carbonyl (C=O) groups excluding carboxylic acids is 1. The molecule has 1 aromatic rings. The zero-order chi connectivity index (χ0) is 13.1. The van der Waals surface area contributed by atoms with Gasteiger partial charge in [0, 0.05) is 30.3 Å². The molecule has 18 heavy (non-hydrogen) atoms. The van der Waals surface area contributed by atoms with Crippen molar-refractivity contribution >= 4 is 17.5 Å². The number of hydrogen-bond donors (Lipinski definition) is 1. The second-order valence-electron chi connectivity index (χ2n) is 4.88. The fraction of sp³-hybridized carbons (Fsp3) is 0.500. The number of aliphatic hydroxyl groups is 1. The van der Waals surface area contributed by atoms with Gasteiger partial charge in [-0.3, -0.25) is 4.79 Å². The minimum atomic E-state index is 0.0613. The fourth-order valence-corrected chi connectivity index (χ4v) is 2.40. The third kappa shape index (κ3) is 2.85. The van der Waals surface area contributed by atoms with Gasteiger partial charge in [0.2, 0.25) is 0 Å². The highest BCUT2D eigenvalue weighted by Crippen LogP contribution is 2.21. The smallest absolute Gasteiger partial charge is 0.253 e. The number of likely N-dealkylation sites (tertiary alicyclic amines) is 1. The summed E-state index contributed by atoms with van der Waals surface area (Å²) in [5, 5.41) is 9.77. The Bertz CT molecular complexity index is 439. The maximum atomic E-state index is 12.3. The third-order valence-electron chi connectivity index (χ3n) is 3.56. The molecule has 1 amide bonds. The Morgan fingerprint density at radius 3 is 2.67 bits per heavy atom. The van der Waals surface area contributed by atoms with Crippen LogP contribution in [0, 0.1) is 12.8 Å². The van der Waals surface area contributed by atoms with Crippen LogP contribution in [0.25, 0.3) is 0 Å². The lowest BCUT2D eigenvalue weighted by molar-refractivity contribution is 0.0651. The van der Waals surface area contributed by atoms with Crippen LogP contribution in [0.15, 0.2) is 18.2 Å². The summed E-state index contributed by atoms with van der Waals surface area (Å²) in [6.45, 7) is 3.58. The van der Waals surface area contributed by atoms with Crippen LogP contribution in [0.3, 0.4) is 0 Å². The lowest BCUT2D eigenvalue weighted by atomic mass is 9.97. The highest BCUT2D eigenvalue weighted by atomic mass is 35.5. The monoisotopic (exact) mass is 267 g/mol. The van der Waals surface area contributed by atoms with E-state index in [1.165, 1.54) is 0 Å². The van der Waals surface area contributed by atoms with Crippen LogP contribution in [0.1, 0.15) is 28.8 Å². The van der Waals surface area contributed by atoms with E-state index in [4.69, 9.17) is 16.7 Å². The number of aliphatic hydroxyl groups excluding tert-OH is 1. The molecule has 0 bridgehead atoms. The van der Waals surface area contributed by atoms with Gasteiger partial charge in [0.15, 0.2) is 0 Å². The van der Waals surface area contributed by atoms with Gasteiger partial charge in [0.25, 0.3) is 5.91 Å². The molecule has 1 heterocycles. The first kappa shape index (κ1) is 13.4. The topological polar surface area (TPSA) is 40.5 Å². The van der Waals surface area contributed by atoms with E-state index < -0.39 is 0 Å². The summed E-state index contributed by atoms with van der Waals surface area (Å²) in [4.78, 5) is 14.1. The Hall–Kier alpha value is -1.06. The van der Waals surface area contributed by atoms with Crippen LogP contribution in [0.2, 0.25) is 5.02 Å². The molecule has 1 saturated heterocycles. The second kappa shape index (κ2) is 5.72. The van der Waals surface area contributed by atoms with E-state index in [-0.39, 0.29) is 12.5 Å². The van der Waals surface area contributed by atoms with Crippen LogP contribution in [0.5, 0.6) is 0 Å². The van der Waals surface area contributed by atoms with Crippen molar-refractivity contribution in [3.8, 4) is 0 Å². The molecule has 0 spiro atoms. The van der Waals surface area contributed by atoms with Gasteiger partial charge in [-0.25, -0.2) is 0 Å². The summed E-state index contributed by atoms with van der Waals surface area (Å²) in [6, 6.07) is 5.38. The van der Waals surface area contributed by atoms with Crippen LogP contribution in [0.4, 0.5) is 0 Å². The van der Waals surface area contributed by atoms with Crippen molar-refractivity contribution in [2.75, 3.05) is 19.7 Å². The quantitative estimate of drug-likeness (QED) is 0.894. The first-order valence-electron chi connectivity index (χ1n) is 6.28. The number of nitrogens with zero attached hydrogens (tertiary/aromatic N) is 1. The van der Waals surface area contributed by atoms with Gasteiger partial charge in [-0.15, -0.1) is 0 Å². The zero-order valence-electron chi connectivity index (χ0n) is 10.5. The predicted molar refractivity (Wildman–Crippen MR) is 71.9 cm³/mol. The minimum absolute atomic E-state index is 0.0613. The molecule has 0 unspecified atom stereocenters. The second-order valence-corrected chi connectivity index (χ2v) is 5.29. The average Bonchev–Trinajstić information content (AvgIpc) is 2.41. The first-order chi connectivity index (χ1) is 8.61. The standard InChI is InChI=1S/C14H18ClNO2/c1-10-8-12(2-3-13(10)15)14(18)16-6-4-11(9-17)5-7-16/h2-3,8,11,17H,4-7,9H2,1H3. The van der Waals surface area contributed by atoms with Crippen molar-refractivity contribution in [1.82, 2.24) is 4.90 Å². The number of amides is 1. The van der Waals surface area contributed by atoms with E-state index >= 15 is 0 Å². The van der Waals surface area contributed by atoms with Crippen molar-refractivity contribution in [3.63, 3.8) is 0 Å². The molecule has 1 N–H and O–H groups in total. The fourth-order valence-electron chi connectivity index (χ4n) is 2.28. The number of rotatable bonds is 2. The van der Waals surface area contributed by atoms with Gasteiger partial charge in [0.1, 0.15) is 0 Å². The molecule has 0 radical (unpaired) electrons. The van der Waals surface area contributed by atoms with Crippen LogP contribution in [-0.4, -0.2) is 35.6 Å². The lowest BCUT2D eigenvalue weighted by Gasteiger charge is -2.31. The summed E-state index contributed by atoms with van der Waals surface area (Å²) in [6.07, 6.45) is 1.77.